The van der Waals surface area contributed by atoms with Crippen molar-refractivity contribution in [3.8, 4) is 5.88 Å². The Labute approximate surface area is 90.9 Å². The van der Waals surface area contributed by atoms with E-state index in [9.17, 15) is 0 Å². The van der Waals surface area contributed by atoms with Gasteiger partial charge in [-0.2, -0.15) is 0 Å². The van der Waals surface area contributed by atoms with E-state index in [2.05, 4.69) is 23.8 Å². The van der Waals surface area contributed by atoms with Crippen molar-refractivity contribution in [2.45, 2.75) is 32.7 Å². The summed E-state index contributed by atoms with van der Waals surface area (Å²) in [6.07, 6.45) is 4.07. The Morgan fingerprint density at radius 3 is 2.47 bits per heavy atom. The Morgan fingerprint density at radius 2 is 2.00 bits per heavy atom. The summed E-state index contributed by atoms with van der Waals surface area (Å²) in [7, 11) is 1.59. The van der Waals surface area contributed by atoms with Crippen molar-refractivity contribution >= 4 is 0 Å². The molecule has 2 N–H and O–H groups in total. The largest absolute Gasteiger partial charge is 0.480 e. The first-order valence-electron chi connectivity index (χ1n) is 5.20. The molecule has 0 aliphatic carbocycles. The molecule has 1 atom stereocenters. The lowest BCUT2D eigenvalue weighted by Gasteiger charge is -2.32. The Balaban J connectivity index is 3.23. The second-order valence-electron chi connectivity index (χ2n) is 3.96. The van der Waals surface area contributed by atoms with E-state index in [1.165, 1.54) is 0 Å². The molecule has 0 aliphatic heterocycles. The highest BCUT2D eigenvalue weighted by Crippen LogP contribution is 2.32. The number of hydrogen-bond acceptors (Lipinski definition) is 4. The molecule has 1 rings (SSSR count). The van der Waals surface area contributed by atoms with Crippen LogP contribution >= 0.6 is 0 Å². The number of nitrogens with two attached hydrogens (primary N) is 1. The number of hydrogen-bond donors (Lipinski definition) is 1. The maximum Gasteiger partial charge on any atom is 0.237 e. The van der Waals surface area contributed by atoms with Gasteiger partial charge in [-0.25, -0.2) is 4.98 Å². The lowest BCUT2D eigenvalue weighted by Crippen LogP contribution is -2.42. The molecule has 0 saturated carbocycles. The molecule has 0 bridgehead atoms. The monoisotopic (exact) mass is 209 g/mol. The highest BCUT2D eigenvalue weighted by Gasteiger charge is 2.34. The number of nitrogens with zero attached hydrogens (tertiary/aromatic N) is 2. The Kier molecular flexibility index (Phi) is 3.63. The molecular formula is C11H19N3O. The van der Waals surface area contributed by atoms with Gasteiger partial charge in [0.1, 0.15) is 5.69 Å². The fourth-order valence-electron chi connectivity index (χ4n) is 1.64. The van der Waals surface area contributed by atoms with Crippen molar-refractivity contribution in [3.05, 3.63) is 18.1 Å². The van der Waals surface area contributed by atoms with Gasteiger partial charge in [0.15, 0.2) is 0 Å². The molecule has 84 valence electrons. The molecule has 0 aromatic carbocycles. The van der Waals surface area contributed by atoms with E-state index in [1.807, 2.05) is 6.92 Å². The van der Waals surface area contributed by atoms with E-state index in [-0.39, 0.29) is 5.92 Å². The van der Waals surface area contributed by atoms with Gasteiger partial charge in [-0.1, -0.05) is 20.8 Å². The summed E-state index contributed by atoms with van der Waals surface area (Å²) in [5.74, 6) is 0.809. The van der Waals surface area contributed by atoms with Gasteiger partial charge < -0.3 is 10.5 Å². The van der Waals surface area contributed by atoms with Gasteiger partial charge in [0, 0.05) is 12.4 Å². The molecule has 1 aromatic rings. The van der Waals surface area contributed by atoms with Crippen molar-refractivity contribution in [1.82, 2.24) is 9.97 Å². The van der Waals surface area contributed by atoms with Crippen molar-refractivity contribution in [1.29, 1.82) is 0 Å². The van der Waals surface area contributed by atoms with Gasteiger partial charge in [0.2, 0.25) is 5.88 Å². The standard InChI is InChI=1S/C11H19N3O/c1-5-11(12,8(2)3)9-10(15-4)14-7-6-13-9/h6-8H,5,12H2,1-4H3. The van der Waals surface area contributed by atoms with Crippen molar-refractivity contribution in [3.63, 3.8) is 0 Å². The summed E-state index contributed by atoms with van der Waals surface area (Å²) in [4.78, 5) is 8.43. The van der Waals surface area contributed by atoms with Crippen molar-refractivity contribution < 1.29 is 4.74 Å². The molecule has 4 nitrogen and oxygen atoms in total. The third kappa shape index (κ3) is 2.09. The average Bonchev–Trinajstić information content (AvgIpc) is 2.27. The van der Waals surface area contributed by atoms with Crippen LogP contribution in [0.2, 0.25) is 0 Å². The second kappa shape index (κ2) is 4.57. The smallest absolute Gasteiger partial charge is 0.237 e. The first-order valence-corrected chi connectivity index (χ1v) is 5.20. The quantitative estimate of drug-likeness (QED) is 0.820. The van der Waals surface area contributed by atoms with Crippen LogP contribution in [0.3, 0.4) is 0 Å². The van der Waals surface area contributed by atoms with E-state index >= 15 is 0 Å². The topological polar surface area (TPSA) is 61.0 Å². The molecule has 1 heterocycles. The van der Waals surface area contributed by atoms with Gasteiger partial charge >= 0.3 is 0 Å². The summed E-state index contributed by atoms with van der Waals surface area (Å²) in [6, 6.07) is 0. The summed E-state index contributed by atoms with van der Waals surface area (Å²) in [6.45, 7) is 6.21. The molecule has 0 spiro atoms. The first-order chi connectivity index (χ1) is 7.06. The highest BCUT2D eigenvalue weighted by molar-refractivity contribution is 5.26. The number of methoxy groups -OCH3 is 1. The van der Waals surface area contributed by atoms with E-state index in [4.69, 9.17) is 10.5 Å². The maximum absolute atomic E-state index is 6.36. The Morgan fingerprint density at radius 1 is 1.40 bits per heavy atom. The molecule has 4 heteroatoms. The zero-order valence-corrected chi connectivity index (χ0v) is 9.82. The molecule has 0 fully saturated rings. The number of ether oxygens (including phenoxy) is 1. The third-order valence-electron chi connectivity index (χ3n) is 2.91. The molecule has 0 aliphatic rings. The lowest BCUT2D eigenvalue weighted by atomic mass is 9.82. The fourth-order valence-corrected chi connectivity index (χ4v) is 1.64. The zero-order chi connectivity index (χ0) is 11.5. The molecule has 0 radical (unpaired) electrons. The molecule has 0 saturated heterocycles. The van der Waals surface area contributed by atoms with Crippen LogP contribution in [0.5, 0.6) is 5.88 Å². The Bertz CT molecular complexity index is 327. The molecule has 0 amide bonds. The van der Waals surface area contributed by atoms with E-state index in [0.717, 1.165) is 12.1 Å². The lowest BCUT2D eigenvalue weighted by molar-refractivity contribution is 0.276. The van der Waals surface area contributed by atoms with Crippen LogP contribution in [-0.4, -0.2) is 17.1 Å². The van der Waals surface area contributed by atoms with Crippen LogP contribution in [-0.2, 0) is 5.54 Å². The maximum atomic E-state index is 6.36. The first kappa shape index (κ1) is 11.9. The Hall–Kier alpha value is -1.16. The molecule has 15 heavy (non-hydrogen) atoms. The van der Waals surface area contributed by atoms with E-state index in [0.29, 0.717) is 5.88 Å². The van der Waals surface area contributed by atoms with Gasteiger partial charge in [-0.15, -0.1) is 0 Å². The van der Waals surface area contributed by atoms with Gasteiger partial charge in [-0.3, -0.25) is 4.98 Å². The van der Waals surface area contributed by atoms with Crippen LogP contribution in [0.25, 0.3) is 0 Å². The minimum Gasteiger partial charge on any atom is -0.480 e. The summed E-state index contributed by atoms with van der Waals surface area (Å²) in [5, 5.41) is 0. The van der Waals surface area contributed by atoms with E-state index in [1.54, 1.807) is 19.5 Å². The minimum absolute atomic E-state index is 0.285. The summed E-state index contributed by atoms with van der Waals surface area (Å²) in [5.41, 5.74) is 6.62. The van der Waals surface area contributed by atoms with Crippen LogP contribution in [0, 0.1) is 5.92 Å². The summed E-state index contributed by atoms with van der Waals surface area (Å²) < 4.78 is 5.19. The molecule has 1 aromatic heterocycles. The number of rotatable bonds is 4. The van der Waals surface area contributed by atoms with Crippen molar-refractivity contribution in [2.24, 2.45) is 11.7 Å². The highest BCUT2D eigenvalue weighted by atomic mass is 16.5. The number of aromatic nitrogens is 2. The van der Waals surface area contributed by atoms with Gasteiger partial charge in [0.25, 0.3) is 0 Å². The molecular weight excluding hydrogens is 190 g/mol. The predicted molar refractivity (Wildman–Crippen MR) is 59.6 cm³/mol. The minimum atomic E-state index is -0.473. The average molecular weight is 209 g/mol. The van der Waals surface area contributed by atoms with Crippen LogP contribution in [0.1, 0.15) is 32.9 Å². The predicted octanol–water partition coefficient (Wildman–Crippen LogP) is 1.71. The summed E-state index contributed by atoms with van der Waals surface area (Å²) >= 11 is 0. The fraction of sp³-hybridized carbons (Fsp3) is 0.636. The van der Waals surface area contributed by atoms with Crippen molar-refractivity contribution in [2.75, 3.05) is 7.11 Å². The SMILES string of the molecule is CCC(N)(c1nccnc1OC)C(C)C. The van der Waals surface area contributed by atoms with Gasteiger partial charge in [-0.05, 0) is 12.3 Å². The van der Waals surface area contributed by atoms with Crippen LogP contribution in [0.15, 0.2) is 12.4 Å². The second-order valence-corrected chi connectivity index (χ2v) is 3.96. The van der Waals surface area contributed by atoms with Crippen LogP contribution < -0.4 is 10.5 Å². The van der Waals surface area contributed by atoms with Crippen LogP contribution in [0.4, 0.5) is 0 Å². The third-order valence-corrected chi connectivity index (χ3v) is 2.91. The zero-order valence-electron chi connectivity index (χ0n) is 9.82. The van der Waals surface area contributed by atoms with Gasteiger partial charge in [0.05, 0.1) is 12.6 Å². The molecule has 1 unspecified atom stereocenters. The van der Waals surface area contributed by atoms with E-state index < -0.39 is 5.54 Å². The normalized spacial score (nSPS) is 15.1.